The second-order valence-corrected chi connectivity index (χ2v) is 6.22. The highest BCUT2D eigenvalue weighted by molar-refractivity contribution is 9.10. The molecule has 5 nitrogen and oxygen atoms in total. The molecule has 7 heteroatoms. The van der Waals surface area contributed by atoms with Crippen molar-refractivity contribution in [3.05, 3.63) is 58.6 Å². The average Bonchev–Trinajstić information content (AvgIpc) is 2.61. The standard InChI is InChI=1S/C18H19BrN2O3S/c1-2-23-10-11-24-14-7-5-6-13(12-14)17(22)21-18(25)20-16-9-4-3-8-15(16)19/h3-9,12H,2,10-11H2,1H3,(H2,20,21,22,25). The SMILES string of the molecule is CCOCCOc1cccc(C(=O)NC(=S)Nc2ccccc2Br)c1. The van der Waals surface area contributed by atoms with Crippen molar-refractivity contribution in [1.82, 2.24) is 5.32 Å². The summed E-state index contributed by atoms with van der Waals surface area (Å²) in [6.07, 6.45) is 0. The van der Waals surface area contributed by atoms with Gasteiger partial charge in [-0.15, -0.1) is 0 Å². The fourth-order valence-electron chi connectivity index (χ4n) is 1.98. The molecule has 0 spiro atoms. The lowest BCUT2D eigenvalue weighted by Crippen LogP contribution is -2.34. The molecule has 0 saturated carbocycles. The van der Waals surface area contributed by atoms with Gasteiger partial charge in [0.25, 0.3) is 5.91 Å². The van der Waals surface area contributed by atoms with E-state index in [-0.39, 0.29) is 11.0 Å². The molecule has 2 N–H and O–H groups in total. The van der Waals surface area contributed by atoms with Gasteiger partial charge < -0.3 is 14.8 Å². The van der Waals surface area contributed by atoms with Crippen LogP contribution in [0.1, 0.15) is 17.3 Å². The number of anilines is 1. The van der Waals surface area contributed by atoms with E-state index < -0.39 is 0 Å². The second-order valence-electron chi connectivity index (χ2n) is 4.96. The number of carbonyl (C=O) groups is 1. The lowest BCUT2D eigenvalue weighted by molar-refractivity contribution is 0.0976. The molecule has 2 aromatic rings. The maximum atomic E-state index is 12.3. The minimum Gasteiger partial charge on any atom is -0.491 e. The van der Waals surface area contributed by atoms with Crippen molar-refractivity contribution in [2.75, 3.05) is 25.1 Å². The van der Waals surface area contributed by atoms with Crippen molar-refractivity contribution in [3.63, 3.8) is 0 Å². The van der Waals surface area contributed by atoms with Gasteiger partial charge in [-0.05, 0) is 65.4 Å². The zero-order valence-electron chi connectivity index (χ0n) is 13.8. The molecular weight excluding hydrogens is 404 g/mol. The highest BCUT2D eigenvalue weighted by Crippen LogP contribution is 2.21. The smallest absolute Gasteiger partial charge is 0.257 e. The molecular formula is C18H19BrN2O3S. The predicted molar refractivity (Wildman–Crippen MR) is 106 cm³/mol. The Kier molecular flexibility index (Phi) is 7.84. The maximum Gasteiger partial charge on any atom is 0.257 e. The van der Waals surface area contributed by atoms with Crippen molar-refractivity contribution in [2.45, 2.75) is 6.92 Å². The largest absolute Gasteiger partial charge is 0.491 e. The van der Waals surface area contributed by atoms with Gasteiger partial charge in [0.05, 0.1) is 12.3 Å². The van der Waals surface area contributed by atoms with Crippen LogP contribution in [0.2, 0.25) is 0 Å². The number of thiocarbonyl (C=S) groups is 1. The summed E-state index contributed by atoms with van der Waals surface area (Å²) in [6.45, 7) is 3.51. The van der Waals surface area contributed by atoms with Crippen LogP contribution in [0, 0.1) is 0 Å². The van der Waals surface area contributed by atoms with Crippen molar-refractivity contribution >= 4 is 44.9 Å². The number of hydrogen-bond donors (Lipinski definition) is 2. The molecule has 0 aromatic heterocycles. The fraction of sp³-hybridized carbons (Fsp3) is 0.222. The van der Waals surface area contributed by atoms with Gasteiger partial charge in [0.2, 0.25) is 0 Å². The van der Waals surface area contributed by atoms with E-state index in [4.69, 9.17) is 21.7 Å². The number of para-hydroxylation sites is 1. The van der Waals surface area contributed by atoms with Crippen LogP contribution in [0.25, 0.3) is 0 Å². The summed E-state index contributed by atoms with van der Waals surface area (Å²) in [5, 5.41) is 5.86. The third kappa shape index (κ3) is 6.45. The average molecular weight is 423 g/mol. The summed E-state index contributed by atoms with van der Waals surface area (Å²) in [7, 11) is 0. The molecule has 0 unspecified atom stereocenters. The molecule has 0 bridgehead atoms. The van der Waals surface area contributed by atoms with Crippen LogP contribution in [-0.2, 0) is 4.74 Å². The maximum absolute atomic E-state index is 12.3. The van der Waals surface area contributed by atoms with Crippen molar-refractivity contribution in [1.29, 1.82) is 0 Å². The van der Waals surface area contributed by atoms with E-state index in [1.54, 1.807) is 24.3 Å². The Morgan fingerprint density at radius 2 is 1.96 bits per heavy atom. The number of ether oxygens (including phenoxy) is 2. The van der Waals surface area contributed by atoms with E-state index in [9.17, 15) is 4.79 Å². The Hall–Kier alpha value is -1.96. The molecule has 0 aliphatic rings. The molecule has 2 aromatic carbocycles. The number of amides is 1. The van der Waals surface area contributed by atoms with Crippen LogP contribution >= 0.6 is 28.1 Å². The van der Waals surface area contributed by atoms with E-state index in [1.807, 2.05) is 31.2 Å². The zero-order chi connectivity index (χ0) is 18.1. The first-order valence-electron chi connectivity index (χ1n) is 7.77. The van der Waals surface area contributed by atoms with Gasteiger partial charge in [-0.3, -0.25) is 10.1 Å². The molecule has 0 aliphatic carbocycles. The highest BCUT2D eigenvalue weighted by Gasteiger charge is 2.10. The minimum atomic E-state index is -0.306. The van der Waals surface area contributed by atoms with Crippen LogP contribution in [-0.4, -0.2) is 30.8 Å². The Bertz CT molecular complexity index is 740. The van der Waals surface area contributed by atoms with E-state index in [0.717, 1.165) is 10.2 Å². The van der Waals surface area contributed by atoms with E-state index in [2.05, 4.69) is 26.6 Å². The Morgan fingerprint density at radius 3 is 2.72 bits per heavy atom. The zero-order valence-corrected chi connectivity index (χ0v) is 16.2. The van der Waals surface area contributed by atoms with E-state index in [1.165, 1.54) is 0 Å². The van der Waals surface area contributed by atoms with E-state index in [0.29, 0.717) is 31.1 Å². The van der Waals surface area contributed by atoms with E-state index >= 15 is 0 Å². The summed E-state index contributed by atoms with van der Waals surface area (Å²) < 4.78 is 11.6. The van der Waals surface area contributed by atoms with Crippen LogP contribution in [0.5, 0.6) is 5.75 Å². The first kappa shape index (κ1) is 19.4. The molecule has 0 saturated heterocycles. The van der Waals surface area contributed by atoms with Gasteiger partial charge in [0.1, 0.15) is 12.4 Å². The minimum absolute atomic E-state index is 0.222. The van der Waals surface area contributed by atoms with Crippen LogP contribution in [0.3, 0.4) is 0 Å². The quantitative estimate of drug-likeness (QED) is 0.521. The number of nitrogens with one attached hydrogen (secondary N) is 2. The Morgan fingerprint density at radius 1 is 1.16 bits per heavy atom. The van der Waals surface area contributed by atoms with Crippen LogP contribution in [0.4, 0.5) is 5.69 Å². The van der Waals surface area contributed by atoms with Gasteiger partial charge in [0, 0.05) is 16.6 Å². The van der Waals surface area contributed by atoms with Gasteiger partial charge in [-0.1, -0.05) is 18.2 Å². The summed E-state index contributed by atoms with van der Waals surface area (Å²) in [5.41, 5.74) is 1.24. The number of halogens is 1. The molecule has 0 radical (unpaired) electrons. The first-order chi connectivity index (χ1) is 12.1. The van der Waals surface area contributed by atoms with Gasteiger partial charge >= 0.3 is 0 Å². The van der Waals surface area contributed by atoms with Crippen LogP contribution in [0.15, 0.2) is 53.0 Å². The number of rotatable bonds is 7. The molecule has 25 heavy (non-hydrogen) atoms. The first-order valence-corrected chi connectivity index (χ1v) is 8.97. The van der Waals surface area contributed by atoms with Gasteiger partial charge in [-0.2, -0.15) is 0 Å². The number of benzene rings is 2. The topological polar surface area (TPSA) is 59.6 Å². The molecule has 132 valence electrons. The molecule has 1 amide bonds. The normalized spacial score (nSPS) is 10.2. The molecule has 0 atom stereocenters. The number of hydrogen-bond acceptors (Lipinski definition) is 4. The Labute approximate surface area is 160 Å². The number of carbonyl (C=O) groups excluding carboxylic acids is 1. The second kappa shape index (κ2) is 10.1. The third-order valence-corrected chi connectivity index (χ3v) is 4.04. The van der Waals surface area contributed by atoms with Crippen molar-refractivity contribution in [3.8, 4) is 5.75 Å². The fourth-order valence-corrected chi connectivity index (χ4v) is 2.57. The summed E-state index contributed by atoms with van der Waals surface area (Å²) in [6, 6.07) is 14.4. The summed E-state index contributed by atoms with van der Waals surface area (Å²) in [4.78, 5) is 12.3. The lowest BCUT2D eigenvalue weighted by atomic mass is 10.2. The van der Waals surface area contributed by atoms with Gasteiger partial charge in [-0.25, -0.2) is 0 Å². The molecule has 0 heterocycles. The Balaban J connectivity index is 1.91. The van der Waals surface area contributed by atoms with Crippen molar-refractivity contribution in [2.24, 2.45) is 0 Å². The van der Waals surface area contributed by atoms with Crippen molar-refractivity contribution < 1.29 is 14.3 Å². The predicted octanol–water partition coefficient (Wildman–Crippen LogP) is 3.99. The van der Waals surface area contributed by atoms with Crippen LogP contribution < -0.4 is 15.4 Å². The highest BCUT2D eigenvalue weighted by atomic mass is 79.9. The lowest BCUT2D eigenvalue weighted by Gasteiger charge is -2.11. The molecule has 0 aliphatic heterocycles. The monoisotopic (exact) mass is 422 g/mol. The molecule has 2 rings (SSSR count). The molecule has 0 fully saturated rings. The summed E-state index contributed by atoms with van der Waals surface area (Å²) in [5.74, 6) is 0.303. The third-order valence-electron chi connectivity index (χ3n) is 3.15. The summed E-state index contributed by atoms with van der Waals surface area (Å²) >= 11 is 8.61. The van der Waals surface area contributed by atoms with Gasteiger partial charge in [0.15, 0.2) is 5.11 Å².